The molecular weight excluding hydrogens is 1480 g/mol. The summed E-state index contributed by atoms with van der Waals surface area (Å²) in [5.74, 6) is -6.11. The fourth-order valence-corrected chi connectivity index (χ4v) is 9.58. The van der Waals surface area contributed by atoms with Crippen molar-refractivity contribution in [3.8, 4) is 0 Å². The molecule has 3 fully saturated rings. The summed E-state index contributed by atoms with van der Waals surface area (Å²) >= 11 is 0. The summed E-state index contributed by atoms with van der Waals surface area (Å²) in [5.41, 5.74) is 0. The second kappa shape index (κ2) is 48.8. The first kappa shape index (κ1) is 100. The van der Waals surface area contributed by atoms with Gasteiger partial charge in [0.1, 0.15) is 123 Å². The Balaban J connectivity index is 0.000000812. The molecule has 3 aliphatic rings. The number of nitrogens with one attached hydrogen (secondary N) is 1. The molecule has 30 atom stereocenters. The summed E-state index contributed by atoms with van der Waals surface area (Å²) in [6.07, 6.45) is -57.0. The second-order valence-corrected chi connectivity index (χ2v) is 25.3. The summed E-state index contributed by atoms with van der Waals surface area (Å²) in [4.78, 5) is 95.9. The standard InChI is InChI=1S/C22H39NO15.C21H37NO15.C19H34O14/c1-6-12-14(27)15(28)18(31)21(37-12)38-19(11(25)8-24)16(29)17(30)20(32)23(5)7-13(26)35-10(4)36-22(33)34-9(2)3;1-5-11-13(26)14(27)17(30)20(36-11)37-18(10(24)7-23)15(28)16(29)19(31)22-6-12(25)34-9(4)35-21(32)33-8(2)3;1-5-9(21)16(33-18-15(26)12(23)11(22)10(6-20)32-18)13(24)14(25)17(27)30-8(4)31-19(28)29-7(2)3/h9-12,14-19,21,24-25,27-31H,6-8H2,1-5H3;8-11,13-18,20,23-24,26-30H,5-7H2,1-4H3,(H,22,31);7-16,18,20-26H,5-6H2,1-4H3/t;;8?,9?,10?,11-,12-,13?,14?,15?,16?,18?/m..0/s1. The maximum absolute atomic E-state index is 12.6. The van der Waals surface area contributed by atoms with Crippen molar-refractivity contribution in [3.05, 3.63) is 0 Å². The lowest BCUT2D eigenvalue weighted by atomic mass is 9.96. The predicted molar refractivity (Wildman–Crippen MR) is 346 cm³/mol. The van der Waals surface area contributed by atoms with Crippen LogP contribution in [0.4, 0.5) is 14.4 Å². The number of aliphatic hydroxyl groups is 21. The van der Waals surface area contributed by atoms with Crippen molar-refractivity contribution < 1.29 is 217 Å². The number of hydrogen-bond donors (Lipinski definition) is 22. The molecule has 22 N–H and O–H groups in total. The third-order valence-corrected chi connectivity index (χ3v) is 15.3. The number of carbonyl (C=O) groups is 8. The van der Waals surface area contributed by atoms with E-state index in [1.807, 2.05) is 5.32 Å². The molecule has 28 unspecified atom stereocenters. The van der Waals surface area contributed by atoms with Gasteiger partial charge in [-0.2, -0.15) is 0 Å². The van der Waals surface area contributed by atoms with Gasteiger partial charge in [-0.25, -0.2) is 19.2 Å². The molecule has 632 valence electrons. The van der Waals surface area contributed by atoms with Crippen LogP contribution in [0.2, 0.25) is 0 Å². The summed E-state index contributed by atoms with van der Waals surface area (Å²) < 4.78 is 74.3. The van der Waals surface area contributed by atoms with E-state index in [0.717, 1.165) is 14.0 Å². The van der Waals surface area contributed by atoms with Crippen LogP contribution < -0.4 is 5.32 Å². The van der Waals surface area contributed by atoms with Gasteiger partial charge < -0.3 is 189 Å². The highest BCUT2D eigenvalue weighted by molar-refractivity contribution is 5.86. The minimum atomic E-state index is -2.33. The smallest absolute Gasteiger partial charge is 0.431 e. The molecular formula is C62H110N2O44. The maximum Gasteiger partial charge on any atom is 0.511 e. The lowest BCUT2D eigenvalue weighted by Crippen LogP contribution is -2.61. The van der Waals surface area contributed by atoms with Gasteiger partial charge in [0.25, 0.3) is 11.8 Å². The topological polar surface area (TPSA) is 715 Å². The van der Waals surface area contributed by atoms with E-state index in [0.29, 0.717) is 4.90 Å². The van der Waals surface area contributed by atoms with Gasteiger partial charge in [0.05, 0.1) is 56.4 Å². The van der Waals surface area contributed by atoms with Crippen LogP contribution in [0.1, 0.15) is 102 Å². The number of ether oxygens (including phenoxy) is 15. The van der Waals surface area contributed by atoms with Gasteiger partial charge in [-0.1, -0.05) is 20.8 Å². The van der Waals surface area contributed by atoms with E-state index in [1.165, 1.54) is 20.8 Å². The fraction of sp³-hybridized carbons (Fsp3) is 0.871. The largest absolute Gasteiger partial charge is 0.511 e. The zero-order valence-corrected chi connectivity index (χ0v) is 61.4. The molecule has 108 heavy (non-hydrogen) atoms. The number of rotatable bonds is 37. The molecule has 0 aromatic carbocycles. The van der Waals surface area contributed by atoms with Crippen LogP contribution in [0.15, 0.2) is 0 Å². The third-order valence-electron chi connectivity index (χ3n) is 15.3. The van der Waals surface area contributed by atoms with Crippen molar-refractivity contribution in [1.82, 2.24) is 10.2 Å². The highest BCUT2D eigenvalue weighted by atomic mass is 16.8. The van der Waals surface area contributed by atoms with Crippen LogP contribution in [0.5, 0.6) is 0 Å². The van der Waals surface area contributed by atoms with E-state index in [4.69, 9.17) is 61.6 Å². The minimum absolute atomic E-state index is 0.0402. The number of carbonyl (C=O) groups excluding carboxylic acids is 8. The number of nitrogens with zero attached hydrogens (tertiary/aromatic N) is 1. The summed E-state index contributed by atoms with van der Waals surface area (Å²) in [6, 6.07) is 0. The first-order chi connectivity index (χ1) is 50.2. The molecule has 0 spiro atoms. The molecule has 0 aromatic rings. The van der Waals surface area contributed by atoms with Crippen molar-refractivity contribution in [2.45, 2.75) is 305 Å². The average Bonchev–Trinajstić information content (AvgIpc) is 0.813. The van der Waals surface area contributed by atoms with E-state index in [2.05, 4.69) is 9.47 Å². The Bertz CT molecular complexity index is 2660. The van der Waals surface area contributed by atoms with Crippen molar-refractivity contribution in [2.24, 2.45) is 0 Å². The molecule has 46 nitrogen and oxygen atoms in total. The molecule has 3 aliphatic heterocycles. The van der Waals surface area contributed by atoms with Crippen molar-refractivity contribution >= 4 is 48.2 Å². The van der Waals surface area contributed by atoms with Crippen LogP contribution in [-0.4, -0.2) is 403 Å². The van der Waals surface area contributed by atoms with E-state index >= 15 is 0 Å². The highest BCUT2D eigenvalue weighted by Crippen LogP contribution is 2.30. The Morgan fingerprint density at radius 1 is 0.398 bits per heavy atom. The Kier molecular flexibility index (Phi) is 45.2. The highest BCUT2D eigenvalue weighted by Gasteiger charge is 2.51. The zero-order chi connectivity index (χ0) is 83.2. The molecule has 0 saturated carbocycles. The van der Waals surface area contributed by atoms with Gasteiger partial charge >= 0.3 is 36.4 Å². The zero-order valence-electron chi connectivity index (χ0n) is 61.4. The lowest BCUT2D eigenvalue weighted by molar-refractivity contribution is -0.326. The molecule has 46 heteroatoms. The molecule has 0 aliphatic carbocycles. The second-order valence-electron chi connectivity index (χ2n) is 25.3. The number of likely N-dealkylation sites (N-methyl/N-ethyl adjacent to an activating group) is 1. The van der Waals surface area contributed by atoms with Gasteiger partial charge in [0, 0.05) is 27.8 Å². The van der Waals surface area contributed by atoms with Crippen molar-refractivity contribution in [1.29, 1.82) is 0 Å². The molecule has 0 aromatic heterocycles. The lowest BCUT2D eigenvalue weighted by Gasteiger charge is -2.42. The van der Waals surface area contributed by atoms with E-state index in [1.54, 1.807) is 55.4 Å². The monoisotopic (exact) mass is 1590 g/mol. The quantitative estimate of drug-likeness (QED) is 0.0156. The average molecular weight is 1590 g/mol. The first-order valence-electron chi connectivity index (χ1n) is 33.9. The van der Waals surface area contributed by atoms with E-state index < -0.39 is 284 Å². The van der Waals surface area contributed by atoms with Gasteiger partial charge in [0.15, 0.2) is 37.2 Å². The summed E-state index contributed by atoms with van der Waals surface area (Å²) in [5, 5.41) is 213. The Labute approximate surface area is 618 Å². The van der Waals surface area contributed by atoms with Crippen LogP contribution in [-0.2, 0) is 95.0 Å². The van der Waals surface area contributed by atoms with E-state index in [-0.39, 0.29) is 19.3 Å². The predicted octanol–water partition coefficient (Wildman–Crippen LogP) is -10.1. The van der Waals surface area contributed by atoms with Crippen molar-refractivity contribution in [3.63, 3.8) is 0 Å². The van der Waals surface area contributed by atoms with Crippen LogP contribution >= 0.6 is 0 Å². The molecule has 0 bridgehead atoms. The third kappa shape index (κ3) is 32.1. The van der Waals surface area contributed by atoms with Gasteiger partial charge in [-0.05, 0) is 60.8 Å². The Hall–Kier alpha value is -5.92. The van der Waals surface area contributed by atoms with Gasteiger partial charge in [0.2, 0.25) is 18.9 Å². The van der Waals surface area contributed by atoms with Crippen LogP contribution in [0, 0.1) is 0 Å². The minimum Gasteiger partial charge on any atom is -0.431 e. The Morgan fingerprint density at radius 2 is 0.722 bits per heavy atom. The van der Waals surface area contributed by atoms with E-state index in [9.17, 15) is 146 Å². The molecule has 2 amide bonds. The van der Waals surface area contributed by atoms with Gasteiger partial charge in [-0.3, -0.25) is 19.2 Å². The normalized spacial score (nSPS) is 28.5. The SMILES string of the molecule is CCC(O)C(OC1OC(CO)[C@H](O)[C@H](O)C1O)C(O)C(O)C(=O)OC(C)OC(=O)OC(C)C.CCC1OC(OC(C(O)CO)C(O)C(O)C(=O)N(C)CC(=O)OC(C)OC(=O)OC(C)C)C(O)C(O)C1O.CCC1OC(OC(C(O)CO)C(O)C(O)C(=O)NCC(=O)OC(C)OC(=O)OC(C)C)C(O)C(O)C1O. The molecule has 3 rings (SSSR count). The van der Waals surface area contributed by atoms with Gasteiger partial charge in [-0.15, -0.1) is 0 Å². The van der Waals surface area contributed by atoms with Crippen LogP contribution in [0.25, 0.3) is 0 Å². The summed E-state index contributed by atoms with van der Waals surface area (Å²) in [6.45, 7) is 13.4. The van der Waals surface area contributed by atoms with Crippen molar-refractivity contribution in [2.75, 3.05) is 40.0 Å². The Morgan fingerprint density at radius 3 is 1.06 bits per heavy atom. The summed E-state index contributed by atoms with van der Waals surface area (Å²) in [7, 11) is 1.08. The first-order valence-corrected chi connectivity index (χ1v) is 33.9. The number of amides is 2. The molecule has 3 heterocycles. The molecule has 0 radical (unpaired) electrons. The van der Waals surface area contributed by atoms with Crippen LogP contribution in [0.3, 0.4) is 0 Å². The maximum atomic E-state index is 12.6. The number of hydrogen-bond acceptors (Lipinski definition) is 44. The molecule has 3 saturated heterocycles. The fourth-order valence-electron chi connectivity index (χ4n) is 9.58. The number of esters is 3. The number of aliphatic hydroxyl groups excluding tert-OH is 21.